The Morgan fingerprint density at radius 1 is 1.15 bits per heavy atom. The SMILES string of the molecule is CCOc1ccc(C2CC(=O)Nc3c2c(C)nn3-c2nncc(-c3ccccc3)n2)cc1OC. The lowest BCUT2D eigenvalue weighted by molar-refractivity contribution is -0.116. The van der Waals surface area contributed by atoms with Gasteiger partial charge >= 0.3 is 0 Å². The summed E-state index contributed by atoms with van der Waals surface area (Å²) in [7, 11) is 1.61. The van der Waals surface area contributed by atoms with Crippen LogP contribution >= 0.6 is 0 Å². The van der Waals surface area contributed by atoms with E-state index < -0.39 is 0 Å². The molecule has 3 heterocycles. The maximum atomic E-state index is 12.8. The third kappa shape index (κ3) is 3.85. The van der Waals surface area contributed by atoms with Gasteiger partial charge in [-0.15, -0.1) is 5.10 Å². The third-order valence-corrected chi connectivity index (χ3v) is 5.80. The number of carbonyl (C=O) groups is 1. The first-order valence-electron chi connectivity index (χ1n) is 11.0. The fourth-order valence-corrected chi connectivity index (χ4v) is 4.28. The van der Waals surface area contributed by atoms with Gasteiger partial charge in [0, 0.05) is 23.5 Å². The number of fused-ring (bicyclic) bond motifs is 1. The molecule has 0 fully saturated rings. The van der Waals surface area contributed by atoms with E-state index in [9.17, 15) is 4.79 Å². The highest BCUT2D eigenvalue weighted by Gasteiger charge is 2.33. The predicted octanol–water partition coefficient (Wildman–Crippen LogP) is 3.91. The van der Waals surface area contributed by atoms with Gasteiger partial charge in [0.25, 0.3) is 5.95 Å². The highest BCUT2D eigenvalue weighted by atomic mass is 16.5. The molecule has 0 saturated carbocycles. The smallest absolute Gasteiger partial charge is 0.272 e. The molecule has 1 unspecified atom stereocenters. The number of benzene rings is 2. The molecule has 2 aromatic carbocycles. The molecule has 0 spiro atoms. The lowest BCUT2D eigenvalue weighted by atomic mass is 9.85. The van der Waals surface area contributed by atoms with Gasteiger partial charge in [0.2, 0.25) is 5.91 Å². The third-order valence-electron chi connectivity index (χ3n) is 5.80. The van der Waals surface area contributed by atoms with Gasteiger partial charge in [-0.1, -0.05) is 36.4 Å². The minimum Gasteiger partial charge on any atom is -0.493 e. The van der Waals surface area contributed by atoms with Crippen molar-refractivity contribution in [3.8, 4) is 28.7 Å². The van der Waals surface area contributed by atoms with Crippen LogP contribution in [0.25, 0.3) is 17.2 Å². The summed E-state index contributed by atoms with van der Waals surface area (Å²) in [6.45, 7) is 4.38. The van der Waals surface area contributed by atoms with Crippen LogP contribution in [0.3, 0.4) is 0 Å². The molecule has 9 nitrogen and oxygen atoms in total. The Bertz CT molecular complexity index is 1350. The van der Waals surface area contributed by atoms with E-state index in [0.717, 1.165) is 22.4 Å². The molecule has 2 aromatic heterocycles. The summed E-state index contributed by atoms with van der Waals surface area (Å²) in [6.07, 6.45) is 1.90. The molecule has 5 rings (SSSR count). The van der Waals surface area contributed by atoms with Gasteiger partial charge in [0.1, 0.15) is 5.82 Å². The van der Waals surface area contributed by atoms with E-state index in [1.54, 1.807) is 18.0 Å². The Hall–Kier alpha value is -4.27. The van der Waals surface area contributed by atoms with E-state index in [4.69, 9.17) is 9.47 Å². The highest BCUT2D eigenvalue weighted by Crippen LogP contribution is 2.42. The number of rotatable bonds is 6. The van der Waals surface area contributed by atoms with Gasteiger partial charge in [-0.05, 0) is 31.5 Å². The second-order valence-corrected chi connectivity index (χ2v) is 7.92. The number of carbonyl (C=O) groups excluding carboxylic acids is 1. The van der Waals surface area contributed by atoms with Crippen molar-refractivity contribution in [1.29, 1.82) is 0 Å². The average Bonchev–Trinajstić information content (AvgIpc) is 3.20. The number of ether oxygens (including phenoxy) is 2. The molecule has 1 aliphatic heterocycles. The topological polar surface area (TPSA) is 104 Å². The van der Waals surface area contributed by atoms with E-state index in [1.165, 1.54) is 0 Å². The Morgan fingerprint density at radius 3 is 2.74 bits per heavy atom. The summed E-state index contributed by atoms with van der Waals surface area (Å²) >= 11 is 0. The maximum absolute atomic E-state index is 12.8. The highest BCUT2D eigenvalue weighted by molar-refractivity contribution is 5.95. The van der Waals surface area contributed by atoms with Gasteiger partial charge in [-0.3, -0.25) is 4.79 Å². The van der Waals surface area contributed by atoms with Crippen LogP contribution in [0.2, 0.25) is 0 Å². The number of nitrogens with one attached hydrogen (secondary N) is 1. The molecule has 172 valence electrons. The van der Waals surface area contributed by atoms with Gasteiger partial charge in [-0.25, -0.2) is 4.98 Å². The van der Waals surface area contributed by atoms with Crippen molar-refractivity contribution in [3.05, 3.63) is 71.5 Å². The molecule has 0 radical (unpaired) electrons. The van der Waals surface area contributed by atoms with E-state index in [2.05, 4.69) is 25.6 Å². The van der Waals surface area contributed by atoms with Crippen LogP contribution in [-0.2, 0) is 4.79 Å². The molecule has 9 heteroatoms. The van der Waals surface area contributed by atoms with Gasteiger partial charge in [-0.2, -0.15) is 14.9 Å². The Morgan fingerprint density at radius 2 is 1.97 bits per heavy atom. The van der Waals surface area contributed by atoms with Crippen LogP contribution in [0.5, 0.6) is 11.5 Å². The van der Waals surface area contributed by atoms with Gasteiger partial charge in [0.05, 0.1) is 31.3 Å². The van der Waals surface area contributed by atoms with Crippen molar-refractivity contribution >= 4 is 11.7 Å². The fraction of sp³-hybridized carbons (Fsp3) is 0.240. The number of hydrogen-bond acceptors (Lipinski definition) is 7. The molecule has 34 heavy (non-hydrogen) atoms. The molecular formula is C25H24N6O3. The average molecular weight is 457 g/mol. The number of aromatic nitrogens is 5. The van der Waals surface area contributed by atoms with Crippen LogP contribution in [-0.4, -0.2) is 44.6 Å². The molecule has 0 aliphatic carbocycles. The van der Waals surface area contributed by atoms with E-state index >= 15 is 0 Å². The Labute approximate surface area is 196 Å². The molecular weight excluding hydrogens is 432 g/mol. The van der Waals surface area contributed by atoms with Crippen LogP contribution in [0.1, 0.15) is 36.1 Å². The normalized spacial score (nSPS) is 14.9. The first kappa shape index (κ1) is 21.6. The molecule has 4 aromatic rings. The molecule has 1 N–H and O–H groups in total. The summed E-state index contributed by atoms with van der Waals surface area (Å²) < 4.78 is 12.7. The minimum atomic E-state index is -0.202. The zero-order valence-corrected chi connectivity index (χ0v) is 19.1. The Kier molecular flexibility index (Phi) is 5.67. The van der Waals surface area contributed by atoms with Crippen LogP contribution in [0, 0.1) is 6.92 Å². The van der Waals surface area contributed by atoms with Crippen LogP contribution in [0.4, 0.5) is 5.82 Å². The first-order chi connectivity index (χ1) is 16.6. The molecule has 1 atom stereocenters. The zero-order valence-electron chi connectivity index (χ0n) is 19.1. The lowest BCUT2D eigenvalue weighted by Crippen LogP contribution is -2.25. The van der Waals surface area contributed by atoms with Crippen molar-refractivity contribution in [2.75, 3.05) is 19.0 Å². The summed E-state index contributed by atoms with van der Waals surface area (Å²) in [4.78, 5) is 17.4. The van der Waals surface area contributed by atoms with Crippen molar-refractivity contribution < 1.29 is 14.3 Å². The molecule has 0 bridgehead atoms. The predicted molar refractivity (Wildman–Crippen MR) is 126 cm³/mol. The van der Waals surface area contributed by atoms with Crippen molar-refractivity contribution in [2.24, 2.45) is 0 Å². The van der Waals surface area contributed by atoms with Gasteiger partial charge in [0.15, 0.2) is 11.5 Å². The van der Waals surface area contributed by atoms with Crippen molar-refractivity contribution in [2.45, 2.75) is 26.2 Å². The number of hydrogen-bond donors (Lipinski definition) is 1. The van der Waals surface area contributed by atoms with E-state index in [0.29, 0.717) is 36.0 Å². The monoisotopic (exact) mass is 456 g/mol. The van der Waals surface area contributed by atoms with Gasteiger partial charge < -0.3 is 14.8 Å². The summed E-state index contributed by atoms with van der Waals surface area (Å²) in [5, 5.41) is 16.0. The number of nitrogens with zero attached hydrogens (tertiary/aromatic N) is 5. The van der Waals surface area contributed by atoms with E-state index in [-0.39, 0.29) is 17.8 Å². The number of amides is 1. The van der Waals surface area contributed by atoms with Crippen LogP contribution in [0.15, 0.2) is 54.7 Å². The standard InChI is InChI=1S/C25H24N6O3/c1-4-34-20-11-10-17(12-21(20)33-3)18-13-22(32)28-24-23(18)15(2)30-31(24)25-27-19(14-26-29-25)16-8-6-5-7-9-16/h5-12,14,18H,4,13H2,1-3H3,(H,28,32). The van der Waals surface area contributed by atoms with Crippen molar-refractivity contribution in [3.63, 3.8) is 0 Å². The van der Waals surface area contributed by atoms with E-state index in [1.807, 2.05) is 62.4 Å². The second-order valence-electron chi connectivity index (χ2n) is 7.92. The van der Waals surface area contributed by atoms with Crippen molar-refractivity contribution in [1.82, 2.24) is 25.0 Å². The molecule has 1 aliphatic rings. The number of aryl methyl sites for hydroxylation is 1. The molecule has 1 amide bonds. The molecule has 0 saturated heterocycles. The maximum Gasteiger partial charge on any atom is 0.272 e. The summed E-state index contributed by atoms with van der Waals surface area (Å²) in [6, 6.07) is 15.5. The zero-order chi connectivity index (χ0) is 23.7. The minimum absolute atomic E-state index is 0.112. The number of methoxy groups -OCH3 is 1. The van der Waals surface area contributed by atoms with Crippen LogP contribution < -0.4 is 14.8 Å². The largest absolute Gasteiger partial charge is 0.493 e. The Balaban J connectivity index is 1.59. The quantitative estimate of drug-likeness (QED) is 0.469. The lowest BCUT2D eigenvalue weighted by Gasteiger charge is -2.24. The summed E-state index contributed by atoms with van der Waals surface area (Å²) in [5.74, 6) is 1.82. The first-order valence-corrected chi connectivity index (χ1v) is 11.0. The summed E-state index contributed by atoms with van der Waals surface area (Å²) in [5.41, 5.74) is 4.22. The number of anilines is 1. The second kappa shape index (κ2) is 8.93. The fourth-order valence-electron chi connectivity index (χ4n) is 4.28.